The molecule has 34 heavy (non-hydrogen) atoms. The van der Waals surface area contributed by atoms with Crippen LogP contribution >= 0.6 is 23.2 Å². The summed E-state index contributed by atoms with van der Waals surface area (Å²) in [7, 11) is 0. The summed E-state index contributed by atoms with van der Waals surface area (Å²) in [6.45, 7) is 7.18. The summed E-state index contributed by atoms with van der Waals surface area (Å²) in [5.41, 5.74) is -0.249. The van der Waals surface area contributed by atoms with E-state index in [4.69, 9.17) is 23.2 Å². The van der Waals surface area contributed by atoms with Crippen molar-refractivity contribution in [3.8, 4) is 0 Å². The number of amides is 1. The van der Waals surface area contributed by atoms with Gasteiger partial charge in [-0.05, 0) is 68.5 Å². The number of carbonyl (C=O) groups is 2. The van der Waals surface area contributed by atoms with Crippen LogP contribution in [0.15, 0.2) is 48.5 Å². The molecule has 1 aliphatic heterocycles. The van der Waals surface area contributed by atoms with Crippen LogP contribution in [0.25, 0.3) is 0 Å². The van der Waals surface area contributed by atoms with Crippen molar-refractivity contribution in [3.05, 3.63) is 69.7 Å². The minimum absolute atomic E-state index is 0.196. The first-order valence-electron chi connectivity index (χ1n) is 11.6. The van der Waals surface area contributed by atoms with Gasteiger partial charge < -0.3 is 15.1 Å². The van der Waals surface area contributed by atoms with Crippen molar-refractivity contribution in [1.29, 1.82) is 0 Å². The number of likely N-dealkylation sites (tertiary alicyclic amines) is 1. The number of carbonyl (C=O) groups excluding carboxylic acids is 1. The number of hydrogen-bond donors (Lipinski definition) is 2. The molecule has 1 aliphatic rings. The van der Waals surface area contributed by atoms with Crippen molar-refractivity contribution in [1.82, 2.24) is 4.90 Å². The van der Waals surface area contributed by atoms with E-state index in [2.05, 4.69) is 0 Å². The van der Waals surface area contributed by atoms with Gasteiger partial charge in [-0.3, -0.25) is 9.59 Å². The van der Waals surface area contributed by atoms with Crippen LogP contribution in [0.1, 0.15) is 76.5 Å². The van der Waals surface area contributed by atoms with Gasteiger partial charge in [-0.1, -0.05) is 61.3 Å². The third kappa shape index (κ3) is 5.94. The fourth-order valence-corrected chi connectivity index (χ4v) is 5.62. The molecular weight excluding hydrogens is 473 g/mol. The SMILES string of the molecule is CCC(CC(C)(C)O)N1C(=O)[C@@](C)(CC(=O)O)CC(c2cccc(Cl)c2)[C@H]1c1ccc(Cl)cc1. The zero-order valence-electron chi connectivity index (χ0n) is 20.1. The van der Waals surface area contributed by atoms with E-state index in [1.54, 1.807) is 39.0 Å². The summed E-state index contributed by atoms with van der Waals surface area (Å²) < 4.78 is 0. The van der Waals surface area contributed by atoms with Gasteiger partial charge in [0.15, 0.2) is 0 Å². The lowest BCUT2D eigenvalue weighted by Crippen LogP contribution is -2.57. The molecule has 7 heteroatoms. The van der Waals surface area contributed by atoms with Crippen molar-refractivity contribution in [2.75, 3.05) is 0 Å². The van der Waals surface area contributed by atoms with Gasteiger partial charge in [-0.2, -0.15) is 0 Å². The summed E-state index contributed by atoms with van der Waals surface area (Å²) in [6, 6.07) is 14.3. The van der Waals surface area contributed by atoms with Crippen molar-refractivity contribution in [3.63, 3.8) is 0 Å². The average molecular weight is 506 g/mol. The molecular formula is C27H33Cl2NO4. The number of aliphatic hydroxyl groups is 1. The Balaban J connectivity index is 2.24. The fraction of sp³-hybridized carbons (Fsp3) is 0.481. The Morgan fingerprint density at radius 2 is 1.79 bits per heavy atom. The molecule has 1 heterocycles. The van der Waals surface area contributed by atoms with Crippen LogP contribution in [-0.4, -0.2) is 38.6 Å². The van der Waals surface area contributed by atoms with Crippen LogP contribution in [0.2, 0.25) is 10.0 Å². The second-order valence-corrected chi connectivity index (χ2v) is 11.2. The van der Waals surface area contributed by atoms with E-state index >= 15 is 0 Å². The lowest BCUT2D eigenvalue weighted by atomic mass is 9.66. The van der Waals surface area contributed by atoms with Gasteiger partial charge in [-0.25, -0.2) is 0 Å². The van der Waals surface area contributed by atoms with Gasteiger partial charge in [-0.15, -0.1) is 0 Å². The van der Waals surface area contributed by atoms with Crippen LogP contribution < -0.4 is 0 Å². The number of hydrogen-bond acceptors (Lipinski definition) is 3. The molecule has 1 saturated heterocycles. The van der Waals surface area contributed by atoms with Crippen molar-refractivity contribution >= 4 is 35.1 Å². The molecule has 0 aliphatic carbocycles. The zero-order chi connectivity index (χ0) is 25.3. The van der Waals surface area contributed by atoms with E-state index in [1.165, 1.54) is 0 Å². The van der Waals surface area contributed by atoms with E-state index in [1.807, 2.05) is 42.2 Å². The zero-order valence-corrected chi connectivity index (χ0v) is 21.6. The van der Waals surface area contributed by atoms with Crippen LogP contribution in [0.4, 0.5) is 0 Å². The Morgan fingerprint density at radius 1 is 1.15 bits per heavy atom. The summed E-state index contributed by atoms with van der Waals surface area (Å²) in [5, 5.41) is 21.5. The Hall–Kier alpha value is -2.08. The third-order valence-electron chi connectivity index (χ3n) is 6.73. The second kappa shape index (κ2) is 10.3. The smallest absolute Gasteiger partial charge is 0.304 e. The van der Waals surface area contributed by atoms with E-state index in [0.29, 0.717) is 29.3 Å². The monoisotopic (exact) mass is 505 g/mol. The second-order valence-electron chi connectivity index (χ2n) is 10.3. The number of nitrogens with zero attached hydrogens (tertiary/aromatic N) is 1. The molecule has 2 N–H and O–H groups in total. The molecule has 0 spiro atoms. The number of piperidine rings is 1. The Kier molecular flexibility index (Phi) is 8.01. The Morgan fingerprint density at radius 3 is 2.32 bits per heavy atom. The number of carboxylic acid groups (broad SMARTS) is 1. The lowest BCUT2D eigenvalue weighted by molar-refractivity contribution is -0.162. The van der Waals surface area contributed by atoms with E-state index in [9.17, 15) is 19.8 Å². The molecule has 0 bridgehead atoms. The first-order valence-corrected chi connectivity index (χ1v) is 12.4. The highest BCUT2D eigenvalue weighted by molar-refractivity contribution is 6.30. The van der Waals surface area contributed by atoms with Gasteiger partial charge in [0.2, 0.25) is 5.91 Å². The Bertz CT molecular complexity index is 1030. The van der Waals surface area contributed by atoms with Gasteiger partial charge in [0, 0.05) is 22.0 Å². The molecule has 0 aromatic heterocycles. The molecule has 0 radical (unpaired) electrons. The molecule has 3 rings (SSSR count). The van der Waals surface area contributed by atoms with Crippen molar-refractivity contribution in [2.24, 2.45) is 5.41 Å². The van der Waals surface area contributed by atoms with Crippen LogP contribution in [-0.2, 0) is 9.59 Å². The van der Waals surface area contributed by atoms with Gasteiger partial charge in [0.1, 0.15) is 0 Å². The number of rotatable bonds is 8. The van der Waals surface area contributed by atoms with Gasteiger partial charge >= 0.3 is 5.97 Å². The standard InChI is InChI=1S/C27H33Cl2NO4/c1-5-21(14-26(2,3)34)30-24(17-9-11-19(28)12-10-17)22(18-7-6-8-20(29)13-18)15-27(4,25(30)33)16-23(31)32/h6-13,21-22,24,34H,5,14-16H2,1-4H3,(H,31,32)/t21?,22?,24-,27-/m1/s1. The quantitative estimate of drug-likeness (QED) is 0.430. The number of benzene rings is 2. The number of aliphatic carboxylic acids is 1. The Labute approximate surface area is 211 Å². The molecule has 0 saturated carbocycles. The van der Waals surface area contributed by atoms with Crippen molar-refractivity contribution < 1.29 is 19.8 Å². The third-order valence-corrected chi connectivity index (χ3v) is 7.22. The average Bonchev–Trinajstić information content (AvgIpc) is 2.73. The lowest BCUT2D eigenvalue weighted by Gasteiger charge is -2.52. The summed E-state index contributed by atoms with van der Waals surface area (Å²) in [4.78, 5) is 27.8. The predicted molar refractivity (Wildman–Crippen MR) is 135 cm³/mol. The molecule has 184 valence electrons. The first kappa shape index (κ1) is 26.5. The minimum Gasteiger partial charge on any atom is -0.481 e. The molecule has 2 aromatic rings. The predicted octanol–water partition coefficient (Wildman–Crippen LogP) is 6.47. The highest BCUT2D eigenvalue weighted by Gasteiger charge is 2.52. The maximum atomic E-state index is 14.1. The normalized spacial score (nSPS) is 24.2. The minimum atomic E-state index is -1.10. The van der Waals surface area contributed by atoms with Crippen molar-refractivity contribution in [2.45, 2.75) is 77.0 Å². The van der Waals surface area contributed by atoms with E-state index in [-0.39, 0.29) is 30.3 Å². The maximum absolute atomic E-state index is 14.1. The number of halogens is 2. The summed E-state index contributed by atoms with van der Waals surface area (Å²) in [5.74, 6) is -1.41. The largest absolute Gasteiger partial charge is 0.481 e. The van der Waals surface area contributed by atoms with Crippen LogP contribution in [0, 0.1) is 5.41 Å². The number of carboxylic acids is 1. The van der Waals surface area contributed by atoms with Gasteiger partial charge in [0.05, 0.1) is 23.5 Å². The fourth-order valence-electron chi connectivity index (χ4n) is 5.30. The molecule has 2 aromatic carbocycles. The van der Waals surface area contributed by atoms with E-state index in [0.717, 1.165) is 11.1 Å². The highest BCUT2D eigenvalue weighted by Crippen LogP contribution is 2.52. The molecule has 1 amide bonds. The highest BCUT2D eigenvalue weighted by atomic mass is 35.5. The maximum Gasteiger partial charge on any atom is 0.304 e. The molecule has 1 fully saturated rings. The molecule has 4 atom stereocenters. The summed E-state index contributed by atoms with van der Waals surface area (Å²) in [6.07, 6.45) is 1.07. The van der Waals surface area contributed by atoms with E-state index < -0.39 is 17.0 Å². The van der Waals surface area contributed by atoms with Gasteiger partial charge in [0.25, 0.3) is 0 Å². The van der Waals surface area contributed by atoms with Crippen LogP contribution in [0.5, 0.6) is 0 Å². The van der Waals surface area contributed by atoms with Crippen LogP contribution in [0.3, 0.4) is 0 Å². The molecule has 2 unspecified atom stereocenters. The molecule has 5 nitrogen and oxygen atoms in total. The summed E-state index contributed by atoms with van der Waals surface area (Å²) >= 11 is 12.5. The topological polar surface area (TPSA) is 77.8 Å². The first-order chi connectivity index (χ1) is 15.8.